The summed E-state index contributed by atoms with van der Waals surface area (Å²) in [5.41, 5.74) is 2.02. The molecule has 0 amide bonds. The summed E-state index contributed by atoms with van der Waals surface area (Å²) in [7, 11) is 0. The topological polar surface area (TPSA) is 34.1 Å². The molecule has 3 nitrogen and oxygen atoms in total. The SMILES string of the molecule is CC[C@@]1(C2=NC(C)(C)CO2)O[C@@H]1c1ccc(C)cc1. The number of benzene rings is 1. The number of ether oxygens (including phenoxy) is 2. The lowest BCUT2D eigenvalue weighted by molar-refractivity contribution is 0.244. The third-order valence-electron chi connectivity index (χ3n) is 3.93. The molecular weight excluding hydrogens is 238 g/mol. The summed E-state index contributed by atoms with van der Waals surface area (Å²) in [6.45, 7) is 9.05. The van der Waals surface area contributed by atoms with Gasteiger partial charge in [-0.3, -0.25) is 0 Å². The Hall–Kier alpha value is -1.35. The zero-order valence-electron chi connectivity index (χ0n) is 12.1. The van der Waals surface area contributed by atoms with Crippen LogP contribution in [-0.4, -0.2) is 23.6 Å². The van der Waals surface area contributed by atoms with Gasteiger partial charge in [-0.05, 0) is 32.8 Å². The van der Waals surface area contributed by atoms with E-state index in [0.717, 1.165) is 12.3 Å². The van der Waals surface area contributed by atoms with Crippen molar-refractivity contribution in [2.75, 3.05) is 6.61 Å². The van der Waals surface area contributed by atoms with Gasteiger partial charge in [-0.25, -0.2) is 4.99 Å². The molecule has 1 aromatic rings. The largest absolute Gasteiger partial charge is 0.476 e. The van der Waals surface area contributed by atoms with Crippen molar-refractivity contribution in [2.24, 2.45) is 4.99 Å². The third-order valence-corrected chi connectivity index (χ3v) is 3.93. The quantitative estimate of drug-likeness (QED) is 0.779. The highest BCUT2D eigenvalue weighted by molar-refractivity contribution is 5.90. The Kier molecular flexibility index (Phi) is 2.72. The molecule has 2 aliphatic rings. The van der Waals surface area contributed by atoms with Crippen LogP contribution in [0.2, 0.25) is 0 Å². The minimum atomic E-state index is -0.330. The molecule has 1 fully saturated rings. The molecular formula is C16H21NO2. The van der Waals surface area contributed by atoms with Crippen LogP contribution >= 0.6 is 0 Å². The van der Waals surface area contributed by atoms with Gasteiger partial charge in [0.05, 0.1) is 5.54 Å². The lowest BCUT2D eigenvalue weighted by Gasteiger charge is -2.10. The summed E-state index contributed by atoms with van der Waals surface area (Å²) in [4.78, 5) is 4.69. The molecule has 0 radical (unpaired) electrons. The van der Waals surface area contributed by atoms with E-state index in [1.165, 1.54) is 11.1 Å². The second-order valence-corrected chi connectivity index (χ2v) is 6.17. The monoisotopic (exact) mass is 259 g/mol. The smallest absolute Gasteiger partial charge is 0.220 e. The summed E-state index contributed by atoms with van der Waals surface area (Å²) in [5.74, 6) is 0.783. The number of rotatable bonds is 3. The number of hydrogen-bond acceptors (Lipinski definition) is 3. The molecule has 1 saturated heterocycles. The van der Waals surface area contributed by atoms with E-state index in [9.17, 15) is 0 Å². The van der Waals surface area contributed by atoms with Crippen molar-refractivity contribution in [3.63, 3.8) is 0 Å². The first-order valence-corrected chi connectivity index (χ1v) is 6.94. The van der Waals surface area contributed by atoms with Gasteiger partial charge in [0.1, 0.15) is 12.7 Å². The number of hydrogen-bond donors (Lipinski definition) is 0. The molecule has 102 valence electrons. The van der Waals surface area contributed by atoms with E-state index in [4.69, 9.17) is 9.47 Å². The molecule has 0 saturated carbocycles. The van der Waals surface area contributed by atoms with E-state index >= 15 is 0 Å². The van der Waals surface area contributed by atoms with Crippen molar-refractivity contribution in [1.29, 1.82) is 0 Å². The van der Waals surface area contributed by atoms with Crippen LogP contribution < -0.4 is 0 Å². The first-order chi connectivity index (χ1) is 8.97. The van der Waals surface area contributed by atoms with Gasteiger partial charge in [-0.15, -0.1) is 0 Å². The highest BCUT2D eigenvalue weighted by Gasteiger charge is 2.62. The predicted octanol–water partition coefficient (Wildman–Crippen LogP) is 3.42. The average molecular weight is 259 g/mol. The number of aliphatic imine (C=N–C) groups is 1. The maximum absolute atomic E-state index is 6.00. The van der Waals surface area contributed by atoms with Crippen molar-refractivity contribution < 1.29 is 9.47 Å². The lowest BCUT2D eigenvalue weighted by Crippen LogP contribution is -2.25. The van der Waals surface area contributed by atoms with E-state index in [-0.39, 0.29) is 17.2 Å². The van der Waals surface area contributed by atoms with Gasteiger partial charge in [0.25, 0.3) is 0 Å². The summed E-state index contributed by atoms with van der Waals surface area (Å²) in [6, 6.07) is 8.52. The standard InChI is InChI=1S/C16H21NO2/c1-5-16(14-17-15(3,4)10-18-14)13(19-16)12-8-6-11(2)7-9-12/h6-9,13H,5,10H2,1-4H3/t13-,16-/m1/s1. The molecule has 2 heterocycles. The highest BCUT2D eigenvalue weighted by atomic mass is 16.6. The van der Waals surface area contributed by atoms with Gasteiger partial charge in [-0.1, -0.05) is 36.8 Å². The van der Waals surface area contributed by atoms with Crippen molar-refractivity contribution in [2.45, 2.75) is 51.4 Å². The van der Waals surface area contributed by atoms with Crippen LogP contribution in [0.5, 0.6) is 0 Å². The van der Waals surface area contributed by atoms with Crippen LogP contribution in [0.3, 0.4) is 0 Å². The molecule has 0 unspecified atom stereocenters. The van der Waals surface area contributed by atoms with Gasteiger partial charge in [0.2, 0.25) is 5.90 Å². The number of aryl methyl sites for hydroxylation is 1. The Morgan fingerprint density at radius 2 is 1.95 bits per heavy atom. The minimum Gasteiger partial charge on any atom is -0.476 e. The normalized spacial score (nSPS) is 31.8. The van der Waals surface area contributed by atoms with Gasteiger partial charge >= 0.3 is 0 Å². The van der Waals surface area contributed by atoms with E-state index in [2.05, 4.69) is 57.0 Å². The minimum absolute atomic E-state index is 0.0887. The zero-order chi connectivity index (χ0) is 13.7. The number of epoxide rings is 1. The third kappa shape index (κ3) is 2.06. The summed E-state index contributed by atoms with van der Waals surface area (Å²) < 4.78 is 11.8. The summed E-state index contributed by atoms with van der Waals surface area (Å²) in [6.07, 6.45) is 0.978. The molecule has 0 N–H and O–H groups in total. The molecule has 0 aliphatic carbocycles. The van der Waals surface area contributed by atoms with E-state index in [0.29, 0.717) is 6.61 Å². The van der Waals surface area contributed by atoms with Crippen LogP contribution in [0.4, 0.5) is 0 Å². The molecule has 1 aromatic carbocycles. The molecule has 2 atom stereocenters. The Balaban J connectivity index is 1.87. The van der Waals surface area contributed by atoms with Gasteiger partial charge in [0, 0.05) is 0 Å². The maximum Gasteiger partial charge on any atom is 0.220 e. The van der Waals surface area contributed by atoms with Crippen LogP contribution in [-0.2, 0) is 9.47 Å². The fraction of sp³-hybridized carbons (Fsp3) is 0.562. The van der Waals surface area contributed by atoms with Crippen LogP contribution in [0.1, 0.15) is 44.4 Å². The van der Waals surface area contributed by atoms with Gasteiger partial charge < -0.3 is 9.47 Å². The first-order valence-electron chi connectivity index (χ1n) is 6.94. The van der Waals surface area contributed by atoms with E-state index < -0.39 is 0 Å². The Bertz CT molecular complexity index is 518. The van der Waals surface area contributed by atoms with E-state index in [1.807, 2.05) is 0 Å². The first kappa shape index (κ1) is 12.7. The van der Waals surface area contributed by atoms with E-state index in [1.54, 1.807) is 0 Å². The molecule has 0 aromatic heterocycles. The molecule has 0 spiro atoms. The van der Waals surface area contributed by atoms with Crippen molar-refractivity contribution >= 4 is 5.90 Å². The molecule has 19 heavy (non-hydrogen) atoms. The second-order valence-electron chi connectivity index (χ2n) is 6.17. The van der Waals surface area contributed by atoms with Crippen LogP contribution in [0, 0.1) is 6.92 Å². The zero-order valence-corrected chi connectivity index (χ0v) is 12.1. The maximum atomic E-state index is 6.00. The van der Waals surface area contributed by atoms with Crippen LogP contribution in [0.15, 0.2) is 29.3 Å². The van der Waals surface area contributed by atoms with Gasteiger partial charge in [-0.2, -0.15) is 0 Å². The Morgan fingerprint density at radius 1 is 1.26 bits per heavy atom. The van der Waals surface area contributed by atoms with Gasteiger partial charge in [0.15, 0.2) is 5.60 Å². The summed E-state index contributed by atoms with van der Waals surface area (Å²) in [5, 5.41) is 0. The second kappa shape index (κ2) is 4.07. The highest BCUT2D eigenvalue weighted by Crippen LogP contribution is 2.54. The Labute approximate surface area is 114 Å². The lowest BCUT2D eigenvalue weighted by atomic mass is 9.96. The fourth-order valence-corrected chi connectivity index (χ4v) is 2.64. The number of nitrogens with zero attached hydrogens (tertiary/aromatic N) is 1. The average Bonchev–Trinajstić information content (AvgIpc) is 3.01. The van der Waals surface area contributed by atoms with Crippen molar-refractivity contribution in [3.8, 4) is 0 Å². The molecule has 3 heteroatoms. The van der Waals surface area contributed by atoms with Crippen LogP contribution in [0.25, 0.3) is 0 Å². The molecule has 3 rings (SSSR count). The molecule has 2 aliphatic heterocycles. The predicted molar refractivity (Wildman–Crippen MR) is 75.5 cm³/mol. The fourth-order valence-electron chi connectivity index (χ4n) is 2.64. The van der Waals surface area contributed by atoms with Crippen molar-refractivity contribution in [3.05, 3.63) is 35.4 Å². The Morgan fingerprint density at radius 3 is 2.47 bits per heavy atom. The van der Waals surface area contributed by atoms with Crippen molar-refractivity contribution in [1.82, 2.24) is 0 Å². The molecule has 0 bridgehead atoms. The summed E-state index contributed by atoms with van der Waals surface area (Å²) >= 11 is 0.